The van der Waals surface area contributed by atoms with Gasteiger partial charge in [0.1, 0.15) is 6.04 Å². The summed E-state index contributed by atoms with van der Waals surface area (Å²) in [6, 6.07) is 4.74. The van der Waals surface area contributed by atoms with Gasteiger partial charge >= 0.3 is 5.97 Å². The lowest BCUT2D eigenvalue weighted by atomic mass is 9.83. The average Bonchev–Trinajstić information content (AvgIpc) is 2.63. The lowest BCUT2D eigenvalue weighted by molar-refractivity contribution is -0.141. The number of carboxylic acids is 1. The summed E-state index contributed by atoms with van der Waals surface area (Å²) in [7, 11) is -3.33. The van der Waals surface area contributed by atoms with Gasteiger partial charge in [-0.25, -0.2) is 13.2 Å². The Kier molecular flexibility index (Phi) is 6.63. The second-order valence-corrected chi connectivity index (χ2v) is 8.38. The van der Waals surface area contributed by atoms with Crippen molar-refractivity contribution in [3.05, 3.63) is 48.0 Å². The van der Waals surface area contributed by atoms with Gasteiger partial charge in [-0.2, -0.15) is 0 Å². The lowest BCUT2D eigenvalue weighted by Gasteiger charge is -2.42. The molecule has 0 saturated carbocycles. The third-order valence-electron chi connectivity index (χ3n) is 4.22. The highest BCUT2D eigenvalue weighted by atomic mass is 32.2. The minimum absolute atomic E-state index is 0.0328. The molecule has 1 saturated heterocycles. The van der Waals surface area contributed by atoms with E-state index < -0.39 is 33.2 Å². The Morgan fingerprint density at radius 2 is 1.89 bits per heavy atom. The number of carbonyl (C=O) groups is 2. The van der Waals surface area contributed by atoms with E-state index in [0.717, 1.165) is 0 Å². The zero-order valence-electron chi connectivity index (χ0n) is 14.9. The zero-order chi connectivity index (χ0) is 20.8. The molecule has 1 aromatic carbocycles. The molecule has 1 fully saturated rings. The highest BCUT2D eigenvalue weighted by molar-refractivity contribution is 7.92. The van der Waals surface area contributed by atoms with Gasteiger partial charge in [-0.05, 0) is 36.1 Å². The van der Waals surface area contributed by atoms with Gasteiger partial charge in [0.2, 0.25) is 0 Å². The Morgan fingerprint density at radius 3 is 2.39 bits per heavy atom. The molecule has 7 nitrogen and oxygen atoms in total. The van der Waals surface area contributed by atoms with Gasteiger partial charge in [0.05, 0.1) is 18.1 Å². The molecule has 1 aliphatic rings. The van der Waals surface area contributed by atoms with E-state index in [1.807, 2.05) is 0 Å². The number of hydrogen-bond acceptors (Lipinski definition) is 5. The van der Waals surface area contributed by atoms with E-state index in [-0.39, 0.29) is 23.7 Å². The summed E-state index contributed by atoms with van der Waals surface area (Å²) in [6.07, 6.45) is 1.62. The van der Waals surface area contributed by atoms with Gasteiger partial charge in [0, 0.05) is 23.0 Å². The maximum atomic E-state index is 12.4. The molecule has 0 spiro atoms. The third kappa shape index (κ3) is 5.01. The Morgan fingerprint density at radius 1 is 1.25 bits per heavy atom. The lowest BCUT2D eigenvalue weighted by Crippen LogP contribution is -2.63. The minimum Gasteiger partial charge on any atom is -0.480 e. The third-order valence-corrected chi connectivity index (χ3v) is 6.18. The summed E-state index contributed by atoms with van der Waals surface area (Å²) in [5.41, 5.74) is -0.402. The van der Waals surface area contributed by atoms with Gasteiger partial charge in [-0.15, -0.1) is 6.58 Å². The molecule has 1 atom stereocenters. The van der Waals surface area contributed by atoms with Crippen LogP contribution in [-0.2, 0) is 14.6 Å². The second-order valence-electron chi connectivity index (χ2n) is 6.32. The first-order valence-corrected chi connectivity index (χ1v) is 10.1. The smallest absolute Gasteiger partial charge is 0.327 e. The molecule has 28 heavy (non-hydrogen) atoms. The van der Waals surface area contributed by atoms with Crippen molar-refractivity contribution in [2.45, 2.75) is 12.5 Å². The minimum atomic E-state index is -3.33. The van der Waals surface area contributed by atoms with Crippen molar-refractivity contribution in [3.8, 4) is 23.7 Å². The van der Waals surface area contributed by atoms with E-state index >= 15 is 0 Å². The number of nitrogens with one attached hydrogen (secondary N) is 1. The van der Waals surface area contributed by atoms with Crippen LogP contribution in [0, 0.1) is 29.1 Å². The van der Waals surface area contributed by atoms with Crippen molar-refractivity contribution in [1.82, 2.24) is 5.32 Å². The quantitative estimate of drug-likeness (QED) is 0.463. The summed E-state index contributed by atoms with van der Waals surface area (Å²) in [6.45, 7) is 3.51. The molecule has 2 rings (SSSR count). The highest BCUT2D eigenvalue weighted by Crippen LogP contribution is 2.37. The van der Waals surface area contributed by atoms with Crippen LogP contribution in [0.15, 0.2) is 36.9 Å². The second kappa shape index (κ2) is 8.75. The first kappa shape index (κ1) is 21.2. The number of aliphatic carboxylic acids is 1. The monoisotopic (exact) mass is 401 g/mol. The summed E-state index contributed by atoms with van der Waals surface area (Å²) in [4.78, 5) is 24.0. The summed E-state index contributed by atoms with van der Waals surface area (Å²) in [5.74, 6) is 7.93. The summed E-state index contributed by atoms with van der Waals surface area (Å²) >= 11 is 0. The molecule has 1 aliphatic heterocycles. The molecule has 0 unspecified atom stereocenters. The van der Waals surface area contributed by atoms with Gasteiger partial charge < -0.3 is 15.5 Å². The molecule has 1 aromatic rings. The average molecular weight is 401 g/mol. The Bertz CT molecular complexity index is 991. The van der Waals surface area contributed by atoms with Gasteiger partial charge in [-0.1, -0.05) is 17.9 Å². The number of carboxylic acid groups (broad SMARTS) is 1. The Hall–Kier alpha value is -3.07. The van der Waals surface area contributed by atoms with Crippen LogP contribution in [-0.4, -0.2) is 54.7 Å². The molecule has 1 amide bonds. The number of rotatable bonds is 6. The maximum absolute atomic E-state index is 12.4. The molecule has 0 aliphatic carbocycles. The van der Waals surface area contributed by atoms with Crippen LogP contribution in [0.25, 0.3) is 0 Å². The number of benzene rings is 1. The molecular weight excluding hydrogens is 382 g/mol. The van der Waals surface area contributed by atoms with Crippen LogP contribution >= 0.6 is 0 Å². The van der Waals surface area contributed by atoms with E-state index in [1.54, 1.807) is 12.1 Å². The highest BCUT2D eigenvalue weighted by Gasteiger charge is 2.54. The van der Waals surface area contributed by atoms with Crippen molar-refractivity contribution in [3.63, 3.8) is 0 Å². The number of amides is 1. The molecule has 0 bridgehead atoms. The fourth-order valence-electron chi connectivity index (χ4n) is 2.82. The molecule has 3 N–H and O–H groups in total. The fraction of sp³-hybridized carbons (Fsp3) is 0.300. The van der Waals surface area contributed by atoms with E-state index in [4.69, 9.17) is 5.11 Å². The van der Waals surface area contributed by atoms with Gasteiger partial charge in [0.15, 0.2) is 9.84 Å². The van der Waals surface area contributed by atoms with Crippen LogP contribution in [0.4, 0.5) is 0 Å². The van der Waals surface area contributed by atoms with E-state index in [1.165, 1.54) is 18.2 Å². The largest absolute Gasteiger partial charge is 0.480 e. The van der Waals surface area contributed by atoms with Crippen molar-refractivity contribution in [2.75, 3.05) is 18.1 Å². The number of carbonyl (C=O) groups excluding carboxylic acids is 1. The number of hydrogen-bond donors (Lipinski definition) is 3. The van der Waals surface area contributed by atoms with Crippen LogP contribution in [0.5, 0.6) is 0 Å². The molecule has 1 heterocycles. The van der Waals surface area contributed by atoms with E-state index in [2.05, 4.69) is 35.6 Å². The summed E-state index contributed by atoms with van der Waals surface area (Å²) < 4.78 is 23.1. The number of aliphatic hydroxyl groups excluding tert-OH is 1. The SMILES string of the molecule is C=CC1([C@H](NC(=O)c2ccc(C#CC#CCCO)cc2)C(=O)O)CS(=O)(=O)C1. The standard InChI is InChI=1S/C20H19NO6S/c1-2-20(13-28(26,27)14-20)17(19(24)25)21-18(23)16-10-8-15(9-11-16)7-5-3-4-6-12-22/h2,8-11,17,22H,1,6,12-14H2,(H,21,23)(H,24,25)/t17-/m1/s1. The molecule has 0 radical (unpaired) electrons. The first-order valence-electron chi connectivity index (χ1n) is 8.30. The molecule has 146 valence electrons. The normalized spacial score (nSPS) is 16.8. The first-order chi connectivity index (χ1) is 13.2. The van der Waals surface area contributed by atoms with Crippen LogP contribution < -0.4 is 5.32 Å². The predicted molar refractivity (Wildman–Crippen MR) is 103 cm³/mol. The number of aliphatic hydroxyl groups is 1. The van der Waals surface area contributed by atoms with Crippen molar-refractivity contribution in [2.24, 2.45) is 5.41 Å². The summed E-state index contributed by atoms with van der Waals surface area (Å²) in [5, 5.41) is 20.5. The molecule has 8 heteroatoms. The molecule has 0 aromatic heterocycles. The topological polar surface area (TPSA) is 121 Å². The van der Waals surface area contributed by atoms with Crippen molar-refractivity contribution < 1.29 is 28.2 Å². The van der Waals surface area contributed by atoms with Crippen molar-refractivity contribution >= 4 is 21.7 Å². The number of sulfone groups is 1. The molecular formula is C20H19NO6S. The van der Waals surface area contributed by atoms with Crippen LogP contribution in [0.1, 0.15) is 22.3 Å². The predicted octanol–water partition coefficient (Wildman–Crippen LogP) is 0.208. The Labute approximate surface area is 163 Å². The fourth-order valence-corrected chi connectivity index (χ4v) is 4.94. The van der Waals surface area contributed by atoms with Crippen LogP contribution in [0.3, 0.4) is 0 Å². The Balaban J connectivity index is 2.11. The van der Waals surface area contributed by atoms with Gasteiger partial charge in [0.25, 0.3) is 5.91 Å². The van der Waals surface area contributed by atoms with E-state index in [9.17, 15) is 23.1 Å². The van der Waals surface area contributed by atoms with Crippen LogP contribution in [0.2, 0.25) is 0 Å². The maximum Gasteiger partial charge on any atom is 0.327 e. The van der Waals surface area contributed by atoms with Gasteiger partial charge in [-0.3, -0.25) is 4.79 Å². The zero-order valence-corrected chi connectivity index (χ0v) is 15.8. The van der Waals surface area contributed by atoms with Crippen molar-refractivity contribution in [1.29, 1.82) is 0 Å². The van der Waals surface area contributed by atoms with E-state index in [0.29, 0.717) is 12.0 Å².